The molecule has 0 amide bonds. The number of nitrogens with zero attached hydrogens (tertiary/aromatic N) is 1. The molecule has 2 aromatic carbocycles. The Bertz CT molecular complexity index is 889. The molecule has 0 aliphatic rings. The van der Waals surface area contributed by atoms with Crippen molar-refractivity contribution in [3.05, 3.63) is 63.6 Å². The van der Waals surface area contributed by atoms with Gasteiger partial charge in [0.2, 0.25) is 10.0 Å². The van der Waals surface area contributed by atoms with E-state index in [0.717, 1.165) is 21.3 Å². The number of hydrogen-bond donors (Lipinski definition) is 2. The van der Waals surface area contributed by atoms with E-state index in [9.17, 15) is 8.42 Å². The molecule has 0 bridgehead atoms. The van der Waals surface area contributed by atoms with E-state index in [-0.39, 0.29) is 11.8 Å². The molecule has 2 aromatic rings. The molecule has 2 N–H and O–H groups in total. The summed E-state index contributed by atoms with van der Waals surface area (Å²) in [5.41, 5.74) is 3.08. The molecule has 5 nitrogen and oxygen atoms in total. The molecule has 7 heteroatoms. The van der Waals surface area contributed by atoms with E-state index < -0.39 is 10.0 Å². The normalized spacial score (nSPS) is 11.3. The van der Waals surface area contributed by atoms with E-state index in [1.54, 1.807) is 26.0 Å². The molecule has 0 aromatic heterocycles. The van der Waals surface area contributed by atoms with E-state index >= 15 is 0 Å². The number of halogens is 1. The first-order chi connectivity index (χ1) is 11.8. The van der Waals surface area contributed by atoms with Crippen LogP contribution in [0, 0.1) is 11.3 Å². The highest BCUT2D eigenvalue weighted by molar-refractivity contribution is 9.10. The quantitative estimate of drug-likeness (QED) is 0.712. The van der Waals surface area contributed by atoms with Crippen LogP contribution >= 0.6 is 15.9 Å². The minimum absolute atomic E-state index is 0.0580. The smallest absolute Gasteiger partial charge is 0.216 e. The van der Waals surface area contributed by atoms with Crippen molar-refractivity contribution in [3.8, 4) is 6.07 Å². The van der Waals surface area contributed by atoms with Crippen molar-refractivity contribution in [2.75, 3.05) is 5.32 Å². The highest BCUT2D eigenvalue weighted by Gasteiger charge is 2.15. The highest BCUT2D eigenvalue weighted by atomic mass is 79.9. The number of sulfonamides is 1. The Morgan fingerprint density at radius 3 is 2.44 bits per heavy atom. The van der Waals surface area contributed by atoms with Crippen molar-refractivity contribution in [2.24, 2.45) is 0 Å². The van der Waals surface area contributed by atoms with Gasteiger partial charge in [0.1, 0.15) is 0 Å². The molecule has 0 fully saturated rings. The second-order valence-electron chi connectivity index (χ2n) is 5.96. The standard InChI is InChI=1S/C18H20BrN3O2S/c1-13(2)22-25(23,24)12-16-6-4-3-5-15(16)11-21-18-8-7-14(10-20)9-17(18)19/h3-9,13,21-22H,11-12H2,1-2H3. The number of rotatable bonds is 7. The molecule has 0 saturated heterocycles. The Morgan fingerprint density at radius 1 is 1.16 bits per heavy atom. The van der Waals surface area contributed by atoms with Gasteiger partial charge >= 0.3 is 0 Å². The number of hydrogen-bond acceptors (Lipinski definition) is 4. The highest BCUT2D eigenvalue weighted by Crippen LogP contribution is 2.24. The summed E-state index contributed by atoms with van der Waals surface area (Å²) in [5, 5.41) is 12.2. The van der Waals surface area contributed by atoms with E-state index in [4.69, 9.17) is 5.26 Å². The van der Waals surface area contributed by atoms with Crippen LogP contribution in [0.3, 0.4) is 0 Å². The molecular formula is C18H20BrN3O2S. The lowest BCUT2D eigenvalue weighted by molar-refractivity contribution is 0.569. The molecule has 0 aliphatic carbocycles. The van der Waals surface area contributed by atoms with Crippen LogP contribution in [0.4, 0.5) is 5.69 Å². The van der Waals surface area contributed by atoms with Crippen molar-refractivity contribution in [1.29, 1.82) is 5.26 Å². The molecule has 0 unspecified atom stereocenters. The van der Waals surface area contributed by atoms with E-state index in [1.807, 2.05) is 30.3 Å². The maximum Gasteiger partial charge on any atom is 0.216 e. The fourth-order valence-corrected chi connectivity index (χ4v) is 4.41. The summed E-state index contributed by atoms with van der Waals surface area (Å²) in [6.45, 7) is 4.08. The summed E-state index contributed by atoms with van der Waals surface area (Å²) in [6.07, 6.45) is 0. The van der Waals surface area contributed by atoms with Gasteiger partial charge in [0.15, 0.2) is 0 Å². The summed E-state index contributed by atoms with van der Waals surface area (Å²) in [4.78, 5) is 0. The van der Waals surface area contributed by atoms with E-state index in [0.29, 0.717) is 12.1 Å². The van der Waals surface area contributed by atoms with E-state index in [1.165, 1.54) is 0 Å². The Morgan fingerprint density at radius 2 is 1.84 bits per heavy atom. The predicted molar refractivity (Wildman–Crippen MR) is 104 cm³/mol. The average Bonchev–Trinajstić information content (AvgIpc) is 2.53. The average molecular weight is 422 g/mol. The topological polar surface area (TPSA) is 82.0 Å². The summed E-state index contributed by atoms with van der Waals surface area (Å²) in [7, 11) is -3.38. The van der Waals surface area contributed by atoms with Gasteiger partial charge in [-0.2, -0.15) is 5.26 Å². The number of anilines is 1. The van der Waals surface area contributed by atoms with Gasteiger partial charge < -0.3 is 5.32 Å². The minimum atomic E-state index is -3.38. The molecule has 0 saturated carbocycles. The molecule has 2 rings (SSSR count). The Labute approximate surface area is 157 Å². The van der Waals surface area contributed by atoms with Crippen molar-refractivity contribution >= 4 is 31.6 Å². The zero-order valence-corrected chi connectivity index (χ0v) is 16.5. The number of benzene rings is 2. The van der Waals surface area contributed by atoms with Crippen molar-refractivity contribution in [2.45, 2.75) is 32.2 Å². The second-order valence-corrected chi connectivity index (χ2v) is 8.57. The van der Waals surface area contributed by atoms with Crippen molar-refractivity contribution < 1.29 is 8.42 Å². The lowest BCUT2D eigenvalue weighted by atomic mass is 10.1. The third-order valence-electron chi connectivity index (χ3n) is 3.45. The fourth-order valence-electron chi connectivity index (χ4n) is 2.39. The monoisotopic (exact) mass is 421 g/mol. The molecule has 0 aliphatic heterocycles. The molecule has 0 atom stereocenters. The van der Waals surface area contributed by atoms with Crippen LogP contribution in [0.25, 0.3) is 0 Å². The van der Waals surface area contributed by atoms with Crippen molar-refractivity contribution in [1.82, 2.24) is 4.72 Å². The Hall–Kier alpha value is -1.88. The third kappa shape index (κ3) is 5.85. The number of nitrogens with one attached hydrogen (secondary N) is 2. The largest absolute Gasteiger partial charge is 0.380 e. The third-order valence-corrected chi connectivity index (χ3v) is 5.62. The van der Waals surface area contributed by atoms with Crippen LogP contribution in [0.2, 0.25) is 0 Å². The summed E-state index contributed by atoms with van der Waals surface area (Å²) in [6, 6.07) is 14.7. The summed E-state index contributed by atoms with van der Waals surface area (Å²) in [5.74, 6) is -0.0580. The maximum absolute atomic E-state index is 12.2. The van der Waals surface area contributed by atoms with Gasteiger partial charge in [-0.15, -0.1) is 0 Å². The summed E-state index contributed by atoms with van der Waals surface area (Å²) < 4.78 is 27.8. The van der Waals surface area contributed by atoms with Crippen LogP contribution in [0.1, 0.15) is 30.5 Å². The zero-order chi connectivity index (χ0) is 18.4. The lowest BCUT2D eigenvalue weighted by Crippen LogP contribution is -2.31. The first-order valence-corrected chi connectivity index (χ1v) is 10.3. The Kier molecular flexibility index (Phi) is 6.59. The van der Waals surface area contributed by atoms with Gasteiger partial charge in [-0.1, -0.05) is 24.3 Å². The molecule has 132 valence electrons. The predicted octanol–water partition coefficient (Wildman–Crippen LogP) is 3.76. The maximum atomic E-state index is 12.2. The fraction of sp³-hybridized carbons (Fsp3) is 0.278. The molecule has 0 heterocycles. The van der Waals surface area contributed by atoms with Gasteiger partial charge in [0.25, 0.3) is 0 Å². The van der Waals surface area contributed by atoms with Gasteiger partial charge in [0.05, 0.1) is 17.4 Å². The van der Waals surface area contributed by atoms with Gasteiger partial charge in [-0.3, -0.25) is 0 Å². The zero-order valence-electron chi connectivity index (χ0n) is 14.1. The minimum Gasteiger partial charge on any atom is -0.380 e. The molecule has 0 spiro atoms. The van der Waals surface area contributed by atoms with Gasteiger partial charge in [-0.05, 0) is 59.1 Å². The SMILES string of the molecule is CC(C)NS(=O)(=O)Cc1ccccc1CNc1ccc(C#N)cc1Br. The van der Waals surface area contributed by atoms with Crippen LogP contribution in [0.5, 0.6) is 0 Å². The van der Waals surface area contributed by atoms with E-state index in [2.05, 4.69) is 32.0 Å². The molecule has 0 radical (unpaired) electrons. The first-order valence-electron chi connectivity index (χ1n) is 7.81. The van der Waals surface area contributed by atoms with Crippen LogP contribution in [0.15, 0.2) is 46.9 Å². The van der Waals surface area contributed by atoms with Crippen LogP contribution in [-0.4, -0.2) is 14.5 Å². The molecule has 25 heavy (non-hydrogen) atoms. The summed E-state index contributed by atoms with van der Waals surface area (Å²) >= 11 is 3.44. The Balaban J connectivity index is 2.15. The number of nitriles is 1. The van der Waals surface area contributed by atoms with Gasteiger partial charge in [-0.25, -0.2) is 13.1 Å². The van der Waals surface area contributed by atoms with Gasteiger partial charge in [0, 0.05) is 22.7 Å². The van der Waals surface area contributed by atoms with Crippen molar-refractivity contribution in [3.63, 3.8) is 0 Å². The van der Waals surface area contributed by atoms with Crippen LogP contribution in [-0.2, 0) is 22.3 Å². The second kappa shape index (κ2) is 8.48. The first kappa shape index (κ1) is 19.4. The molecular weight excluding hydrogens is 402 g/mol. The van der Waals surface area contributed by atoms with Crippen LogP contribution < -0.4 is 10.0 Å². The lowest BCUT2D eigenvalue weighted by Gasteiger charge is -2.14.